The van der Waals surface area contributed by atoms with Crippen molar-refractivity contribution in [1.82, 2.24) is 10.6 Å². The Hall–Kier alpha value is -2.94. The minimum Gasteiger partial charge on any atom is -0.493 e. The fraction of sp³-hybridized carbons (Fsp3) is 0.312. The van der Waals surface area contributed by atoms with Crippen LogP contribution < -0.4 is 20.1 Å². The van der Waals surface area contributed by atoms with Crippen molar-refractivity contribution in [3.05, 3.63) is 34.0 Å². The number of benzene rings is 1. The van der Waals surface area contributed by atoms with Gasteiger partial charge in [-0.05, 0) is 24.6 Å². The van der Waals surface area contributed by atoms with E-state index in [0.717, 1.165) is 0 Å². The van der Waals surface area contributed by atoms with Crippen molar-refractivity contribution in [2.45, 2.75) is 13.0 Å². The summed E-state index contributed by atoms with van der Waals surface area (Å²) >= 11 is 6.19. The molecule has 1 unspecified atom stereocenters. The maximum absolute atomic E-state index is 12.1. The van der Waals surface area contributed by atoms with E-state index in [1.807, 2.05) is 0 Å². The van der Waals surface area contributed by atoms with Gasteiger partial charge in [0.2, 0.25) is 0 Å². The van der Waals surface area contributed by atoms with Gasteiger partial charge >= 0.3 is 18.0 Å². The molecular formula is C16H17ClN2O7. The maximum atomic E-state index is 12.1. The molecule has 0 fully saturated rings. The van der Waals surface area contributed by atoms with Crippen molar-refractivity contribution in [3.8, 4) is 11.5 Å². The van der Waals surface area contributed by atoms with Crippen LogP contribution in [0.4, 0.5) is 4.79 Å². The summed E-state index contributed by atoms with van der Waals surface area (Å²) in [6.07, 6.45) is 0. The lowest BCUT2D eigenvalue weighted by Crippen LogP contribution is -2.45. The molecule has 9 nitrogen and oxygen atoms in total. The van der Waals surface area contributed by atoms with Crippen LogP contribution in [-0.2, 0) is 14.3 Å². The molecule has 10 heteroatoms. The Bertz CT molecular complexity index is 791. The number of carbonyl (C=O) groups is 3. The number of hydrogen-bond donors (Lipinski definition) is 3. The zero-order valence-electron chi connectivity index (χ0n) is 14.2. The first kappa shape index (κ1) is 19.4. The lowest BCUT2D eigenvalue weighted by molar-refractivity contribution is -0.139. The standard InChI is InChI=1S/C16H17ClN2O7/c1-7-12(15(22)25-3)13(19-16(23)18-7)8-4-9(17)14(10(5-8)24-2)26-6-11(20)21/h4-5,13H,6H2,1-3H3,(H,20,21)(H2,18,19,23). The van der Waals surface area contributed by atoms with Crippen LogP contribution >= 0.6 is 11.6 Å². The number of rotatable bonds is 6. The lowest BCUT2D eigenvalue weighted by atomic mass is 9.95. The van der Waals surface area contributed by atoms with E-state index in [-0.39, 0.29) is 22.1 Å². The molecule has 3 N–H and O–H groups in total. The molecule has 1 aliphatic heterocycles. The van der Waals surface area contributed by atoms with E-state index < -0.39 is 30.6 Å². The number of halogens is 1. The number of carbonyl (C=O) groups excluding carboxylic acids is 2. The van der Waals surface area contributed by atoms with Gasteiger partial charge < -0.3 is 30.0 Å². The molecule has 0 bridgehead atoms. The Labute approximate surface area is 153 Å². The Morgan fingerprint density at radius 2 is 2.00 bits per heavy atom. The monoisotopic (exact) mass is 384 g/mol. The van der Waals surface area contributed by atoms with Crippen LogP contribution in [0.2, 0.25) is 5.02 Å². The zero-order chi connectivity index (χ0) is 19.4. The number of ether oxygens (including phenoxy) is 3. The van der Waals surface area contributed by atoms with E-state index >= 15 is 0 Å². The first-order chi connectivity index (χ1) is 12.3. The van der Waals surface area contributed by atoms with Crippen LogP contribution in [0.15, 0.2) is 23.4 Å². The van der Waals surface area contributed by atoms with Crippen molar-refractivity contribution in [2.24, 2.45) is 0 Å². The number of aliphatic carboxylic acids is 1. The third-order valence-corrected chi connectivity index (χ3v) is 3.88. The number of carboxylic acid groups (broad SMARTS) is 1. The predicted octanol–water partition coefficient (Wildman–Crippen LogP) is 1.61. The Morgan fingerprint density at radius 3 is 2.58 bits per heavy atom. The second kappa shape index (κ2) is 7.96. The Morgan fingerprint density at radius 1 is 1.31 bits per heavy atom. The summed E-state index contributed by atoms with van der Waals surface area (Å²) in [4.78, 5) is 34.7. The molecule has 0 saturated carbocycles. The lowest BCUT2D eigenvalue weighted by Gasteiger charge is -2.28. The number of allylic oxidation sites excluding steroid dienone is 1. The second-order valence-corrected chi connectivity index (χ2v) is 5.69. The van der Waals surface area contributed by atoms with Gasteiger partial charge in [0.25, 0.3) is 0 Å². The summed E-state index contributed by atoms with van der Waals surface area (Å²) in [6, 6.07) is 1.61. The molecule has 1 aromatic rings. The van der Waals surface area contributed by atoms with Gasteiger partial charge in [-0.25, -0.2) is 14.4 Å². The number of esters is 1. The molecule has 2 rings (SSSR count). The third-order valence-electron chi connectivity index (χ3n) is 3.60. The van der Waals surface area contributed by atoms with Gasteiger partial charge in [-0.3, -0.25) is 0 Å². The Balaban J connectivity index is 2.51. The second-order valence-electron chi connectivity index (χ2n) is 5.28. The number of amides is 2. The predicted molar refractivity (Wildman–Crippen MR) is 90.3 cm³/mol. The third kappa shape index (κ3) is 3.99. The van der Waals surface area contributed by atoms with E-state index in [2.05, 4.69) is 10.6 Å². The molecule has 1 aromatic carbocycles. The highest BCUT2D eigenvalue weighted by atomic mass is 35.5. The quantitative estimate of drug-likeness (QED) is 0.636. The molecule has 1 atom stereocenters. The van der Waals surface area contributed by atoms with Gasteiger partial charge in [-0.15, -0.1) is 0 Å². The van der Waals surface area contributed by atoms with Crippen LogP contribution in [0.25, 0.3) is 0 Å². The number of nitrogens with one attached hydrogen (secondary N) is 2. The van der Waals surface area contributed by atoms with Crippen LogP contribution in [0, 0.1) is 0 Å². The molecule has 0 spiro atoms. The highest BCUT2D eigenvalue weighted by Crippen LogP contribution is 2.40. The van der Waals surface area contributed by atoms with Crippen LogP contribution in [0.1, 0.15) is 18.5 Å². The molecule has 26 heavy (non-hydrogen) atoms. The molecule has 2 amide bonds. The summed E-state index contributed by atoms with van der Waals surface area (Å²) in [7, 11) is 2.58. The van der Waals surface area contributed by atoms with Crippen LogP contribution in [0.5, 0.6) is 11.5 Å². The first-order valence-corrected chi connectivity index (χ1v) is 7.74. The van der Waals surface area contributed by atoms with Crippen molar-refractivity contribution < 1.29 is 33.7 Å². The smallest absolute Gasteiger partial charge is 0.341 e. The summed E-state index contributed by atoms with van der Waals surface area (Å²) in [5, 5.41) is 13.9. The topological polar surface area (TPSA) is 123 Å². The summed E-state index contributed by atoms with van der Waals surface area (Å²) in [5.74, 6) is -1.60. The zero-order valence-corrected chi connectivity index (χ0v) is 15.0. The van der Waals surface area contributed by atoms with Gasteiger partial charge in [0.1, 0.15) is 0 Å². The normalized spacial score (nSPS) is 16.5. The Kier molecular flexibility index (Phi) is 5.93. The van der Waals surface area contributed by atoms with E-state index in [9.17, 15) is 14.4 Å². The van der Waals surface area contributed by atoms with E-state index in [4.69, 9.17) is 30.9 Å². The summed E-state index contributed by atoms with van der Waals surface area (Å²) < 4.78 is 15.1. The van der Waals surface area contributed by atoms with Crippen molar-refractivity contribution in [1.29, 1.82) is 0 Å². The SMILES string of the molecule is COC(=O)C1=C(C)NC(=O)NC1c1cc(Cl)c(OCC(=O)O)c(OC)c1. The minimum atomic E-state index is -1.18. The molecule has 0 saturated heterocycles. The van der Waals surface area contributed by atoms with E-state index in [0.29, 0.717) is 11.3 Å². The molecular weight excluding hydrogens is 368 g/mol. The highest BCUT2D eigenvalue weighted by Gasteiger charge is 2.33. The van der Waals surface area contributed by atoms with E-state index in [1.165, 1.54) is 26.4 Å². The average molecular weight is 385 g/mol. The summed E-state index contributed by atoms with van der Waals surface area (Å²) in [6.45, 7) is 0.965. The van der Waals surface area contributed by atoms with Crippen LogP contribution in [0.3, 0.4) is 0 Å². The number of methoxy groups -OCH3 is 2. The molecule has 0 aliphatic carbocycles. The number of carboxylic acids is 1. The highest BCUT2D eigenvalue weighted by molar-refractivity contribution is 6.32. The van der Waals surface area contributed by atoms with Gasteiger partial charge in [0, 0.05) is 5.70 Å². The molecule has 1 aliphatic rings. The van der Waals surface area contributed by atoms with Crippen molar-refractivity contribution in [2.75, 3.05) is 20.8 Å². The fourth-order valence-corrected chi connectivity index (χ4v) is 2.78. The largest absolute Gasteiger partial charge is 0.493 e. The van der Waals surface area contributed by atoms with E-state index in [1.54, 1.807) is 6.92 Å². The molecule has 140 valence electrons. The van der Waals surface area contributed by atoms with Gasteiger partial charge in [0.05, 0.1) is 30.9 Å². The van der Waals surface area contributed by atoms with Gasteiger partial charge in [-0.1, -0.05) is 11.6 Å². The van der Waals surface area contributed by atoms with Gasteiger partial charge in [0.15, 0.2) is 18.1 Å². The molecule has 1 heterocycles. The minimum absolute atomic E-state index is 0.0425. The van der Waals surface area contributed by atoms with Crippen molar-refractivity contribution >= 4 is 29.6 Å². The summed E-state index contributed by atoms with van der Waals surface area (Å²) in [5.41, 5.74) is 0.973. The number of hydrogen-bond acceptors (Lipinski definition) is 6. The van der Waals surface area contributed by atoms with Crippen LogP contribution in [-0.4, -0.2) is 43.9 Å². The van der Waals surface area contributed by atoms with Crippen molar-refractivity contribution in [3.63, 3.8) is 0 Å². The fourth-order valence-electron chi connectivity index (χ4n) is 2.50. The molecule has 0 aromatic heterocycles. The first-order valence-electron chi connectivity index (χ1n) is 7.37. The van der Waals surface area contributed by atoms with Gasteiger partial charge in [-0.2, -0.15) is 0 Å². The number of urea groups is 1. The molecule has 0 radical (unpaired) electrons. The maximum Gasteiger partial charge on any atom is 0.341 e. The average Bonchev–Trinajstić information content (AvgIpc) is 2.58.